The third-order valence-electron chi connectivity index (χ3n) is 3.96. The molecule has 0 fully saturated rings. The van der Waals surface area contributed by atoms with E-state index in [1.54, 1.807) is 11.3 Å². The lowest BCUT2D eigenvalue weighted by atomic mass is 9.99. The smallest absolute Gasteiger partial charge is 0.318 e. The predicted octanol–water partition coefficient (Wildman–Crippen LogP) is 4.51. The van der Waals surface area contributed by atoms with Gasteiger partial charge in [0.05, 0.1) is 11.0 Å². The molecule has 0 aliphatic carbocycles. The molecule has 2 N–H and O–H groups in total. The van der Waals surface area contributed by atoms with Crippen LogP contribution in [0, 0.1) is 0 Å². The zero-order chi connectivity index (χ0) is 16.5. The number of carboxylic acid groups (broad SMARTS) is 1. The summed E-state index contributed by atoms with van der Waals surface area (Å²) in [7, 11) is 0. The number of aliphatic carboxylic acids is 1. The number of H-pyrrole nitrogens is 1. The van der Waals surface area contributed by atoms with E-state index in [0.29, 0.717) is 11.4 Å². The molecular formula is C19H14N2O2S. The first kappa shape index (κ1) is 14.7. The molecule has 0 spiro atoms. The maximum Gasteiger partial charge on any atom is 0.318 e. The fraction of sp³-hybridized carbons (Fsp3) is 0.0526. The first-order valence-corrected chi connectivity index (χ1v) is 8.41. The van der Waals surface area contributed by atoms with Crippen molar-refractivity contribution in [1.29, 1.82) is 0 Å². The summed E-state index contributed by atoms with van der Waals surface area (Å²) < 4.78 is 0. The van der Waals surface area contributed by atoms with Crippen molar-refractivity contribution in [2.45, 2.75) is 5.92 Å². The van der Waals surface area contributed by atoms with Crippen molar-refractivity contribution in [3.63, 3.8) is 0 Å². The number of fused-ring (bicyclic) bond motifs is 1. The third kappa shape index (κ3) is 2.59. The number of hydrogen-bond acceptors (Lipinski definition) is 3. The van der Waals surface area contributed by atoms with Crippen molar-refractivity contribution in [3.05, 3.63) is 77.4 Å². The van der Waals surface area contributed by atoms with Crippen molar-refractivity contribution >= 4 is 28.3 Å². The molecule has 0 saturated heterocycles. The van der Waals surface area contributed by atoms with E-state index in [0.717, 1.165) is 16.6 Å². The molecule has 5 heteroatoms. The van der Waals surface area contributed by atoms with E-state index in [9.17, 15) is 9.90 Å². The van der Waals surface area contributed by atoms with Crippen molar-refractivity contribution in [2.24, 2.45) is 0 Å². The normalized spacial score (nSPS) is 12.3. The average molecular weight is 334 g/mol. The quantitative estimate of drug-likeness (QED) is 0.577. The highest BCUT2D eigenvalue weighted by molar-refractivity contribution is 7.13. The largest absolute Gasteiger partial charge is 0.480 e. The molecule has 4 aromatic rings. The molecule has 2 aromatic heterocycles. The summed E-state index contributed by atoms with van der Waals surface area (Å²) in [6.07, 6.45) is 0. The summed E-state index contributed by atoms with van der Waals surface area (Å²) in [5, 5.41) is 11.7. The number of nitrogens with zero attached hydrogens (tertiary/aromatic N) is 1. The van der Waals surface area contributed by atoms with Crippen molar-refractivity contribution < 1.29 is 9.90 Å². The molecule has 4 rings (SSSR count). The topological polar surface area (TPSA) is 66.0 Å². The van der Waals surface area contributed by atoms with E-state index in [4.69, 9.17) is 0 Å². The van der Waals surface area contributed by atoms with Crippen LogP contribution in [0.4, 0.5) is 0 Å². The fourth-order valence-electron chi connectivity index (χ4n) is 2.83. The molecule has 0 bridgehead atoms. The van der Waals surface area contributed by atoms with Gasteiger partial charge in [-0.1, -0.05) is 42.5 Å². The monoisotopic (exact) mass is 334 g/mol. The van der Waals surface area contributed by atoms with Gasteiger partial charge in [-0.3, -0.25) is 4.79 Å². The predicted molar refractivity (Wildman–Crippen MR) is 95.3 cm³/mol. The number of carbonyl (C=O) groups is 1. The molecule has 0 radical (unpaired) electrons. The molecule has 2 heterocycles. The van der Waals surface area contributed by atoms with E-state index < -0.39 is 11.9 Å². The Balaban J connectivity index is 1.80. The number of benzene rings is 2. The number of carboxylic acids is 1. The Bertz CT molecular complexity index is 991. The third-order valence-corrected chi connectivity index (χ3v) is 4.88. The second-order valence-electron chi connectivity index (χ2n) is 5.51. The van der Waals surface area contributed by atoms with Crippen LogP contribution in [-0.4, -0.2) is 21.0 Å². The molecule has 0 aliphatic rings. The number of rotatable bonds is 4. The van der Waals surface area contributed by atoms with Crippen LogP contribution < -0.4 is 0 Å². The van der Waals surface area contributed by atoms with Crippen LogP contribution in [-0.2, 0) is 4.79 Å². The molecular weight excluding hydrogens is 320 g/mol. The molecule has 24 heavy (non-hydrogen) atoms. The van der Waals surface area contributed by atoms with E-state index in [1.165, 1.54) is 4.88 Å². The van der Waals surface area contributed by atoms with Crippen LogP contribution in [0.5, 0.6) is 0 Å². The van der Waals surface area contributed by atoms with Crippen molar-refractivity contribution in [2.75, 3.05) is 0 Å². The summed E-state index contributed by atoms with van der Waals surface area (Å²) in [4.78, 5) is 20.6. The van der Waals surface area contributed by atoms with Gasteiger partial charge < -0.3 is 10.1 Å². The highest BCUT2D eigenvalue weighted by atomic mass is 32.1. The number of imidazole rings is 1. The molecule has 0 saturated carbocycles. The number of aromatic nitrogens is 2. The summed E-state index contributed by atoms with van der Waals surface area (Å²) in [6.45, 7) is 0. The van der Waals surface area contributed by atoms with E-state index in [2.05, 4.69) is 16.0 Å². The van der Waals surface area contributed by atoms with Crippen LogP contribution in [0.1, 0.15) is 17.3 Å². The van der Waals surface area contributed by atoms with Gasteiger partial charge in [-0.25, -0.2) is 4.98 Å². The second kappa shape index (κ2) is 5.94. The maximum atomic E-state index is 11.8. The van der Waals surface area contributed by atoms with Crippen LogP contribution in [0.15, 0.2) is 66.0 Å². The number of hydrogen-bond donors (Lipinski definition) is 2. The van der Waals surface area contributed by atoms with Gasteiger partial charge >= 0.3 is 5.97 Å². The Morgan fingerprint density at radius 1 is 1.08 bits per heavy atom. The molecule has 1 unspecified atom stereocenters. The first-order valence-electron chi connectivity index (χ1n) is 7.53. The van der Waals surface area contributed by atoms with Crippen LogP contribution in [0.2, 0.25) is 0 Å². The molecule has 118 valence electrons. The SMILES string of the molecule is O=C(O)C(c1ccccc1)c1nc2ccc(-c3cccs3)cc2[nH]1. The minimum atomic E-state index is -0.918. The Morgan fingerprint density at radius 3 is 2.62 bits per heavy atom. The van der Waals surface area contributed by atoms with Gasteiger partial charge in [-0.2, -0.15) is 0 Å². The number of thiophene rings is 1. The zero-order valence-electron chi connectivity index (χ0n) is 12.6. The Kier molecular flexibility index (Phi) is 3.63. The lowest BCUT2D eigenvalue weighted by Crippen LogP contribution is -2.14. The van der Waals surface area contributed by atoms with E-state index >= 15 is 0 Å². The van der Waals surface area contributed by atoms with Gasteiger partial charge in [0, 0.05) is 4.88 Å². The highest BCUT2D eigenvalue weighted by Gasteiger charge is 2.25. The summed E-state index contributed by atoms with van der Waals surface area (Å²) in [5.41, 5.74) is 3.42. The standard InChI is InChI=1S/C19H14N2O2S/c22-19(23)17(12-5-2-1-3-6-12)18-20-14-9-8-13(11-15(14)21-18)16-7-4-10-24-16/h1-11,17H,(H,20,21)(H,22,23). The van der Waals surface area contributed by atoms with Crippen molar-refractivity contribution in [3.8, 4) is 10.4 Å². The lowest BCUT2D eigenvalue weighted by molar-refractivity contribution is -0.137. The highest BCUT2D eigenvalue weighted by Crippen LogP contribution is 2.29. The number of aromatic amines is 1. The molecule has 1 atom stereocenters. The maximum absolute atomic E-state index is 11.8. The van der Waals surface area contributed by atoms with Crippen LogP contribution in [0.3, 0.4) is 0 Å². The van der Waals surface area contributed by atoms with Gasteiger partial charge in [-0.05, 0) is 34.7 Å². The molecule has 0 amide bonds. The summed E-state index contributed by atoms with van der Waals surface area (Å²) in [5.74, 6) is -1.27. The molecule has 0 aliphatic heterocycles. The lowest BCUT2D eigenvalue weighted by Gasteiger charge is -2.09. The average Bonchev–Trinajstić information content (AvgIpc) is 3.24. The number of nitrogens with one attached hydrogen (secondary N) is 1. The molecule has 4 nitrogen and oxygen atoms in total. The Labute approximate surface area is 142 Å². The van der Waals surface area contributed by atoms with Gasteiger partial charge in [-0.15, -0.1) is 11.3 Å². The fourth-order valence-corrected chi connectivity index (χ4v) is 3.55. The van der Waals surface area contributed by atoms with Crippen molar-refractivity contribution in [1.82, 2.24) is 9.97 Å². The van der Waals surface area contributed by atoms with Gasteiger partial charge in [0.15, 0.2) is 0 Å². The van der Waals surface area contributed by atoms with E-state index in [-0.39, 0.29) is 0 Å². The van der Waals surface area contributed by atoms with Crippen LogP contribution >= 0.6 is 11.3 Å². The second-order valence-corrected chi connectivity index (χ2v) is 6.46. The van der Waals surface area contributed by atoms with Gasteiger partial charge in [0.25, 0.3) is 0 Å². The summed E-state index contributed by atoms with van der Waals surface area (Å²) in [6, 6.07) is 19.2. The Morgan fingerprint density at radius 2 is 1.92 bits per heavy atom. The minimum Gasteiger partial charge on any atom is -0.480 e. The first-order chi connectivity index (χ1) is 11.7. The Hall–Kier alpha value is -2.92. The van der Waals surface area contributed by atoms with Gasteiger partial charge in [0.1, 0.15) is 11.7 Å². The van der Waals surface area contributed by atoms with E-state index in [1.807, 2.05) is 60.0 Å². The van der Waals surface area contributed by atoms with Crippen LogP contribution in [0.25, 0.3) is 21.5 Å². The summed E-state index contributed by atoms with van der Waals surface area (Å²) >= 11 is 1.67. The molecule has 2 aromatic carbocycles. The minimum absolute atomic E-state index is 0.451. The zero-order valence-corrected chi connectivity index (χ0v) is 13.5. The van der Waals surface area contributed by atoms with Gasteiger partial charge in [0.2, 0.25) is 0 Å².